The molecule has 1 aliphatic carbocycles. The van der Waals surface area contributed by atoms with Crippen LogP contribution in [0.5, 0.6) is 0 Å². The fourth-order valence-electron chi connectivity index (χ4n) is 6.86. The van der Waals surface area contributed by atoms with Gasteiger partial charge < -0.3 is 39.9 Å². The van der Waals surface area contributed by atoms with Gasteiger partial charge in [-0.2, -0.15) is 0 Å². The van der Waals surface area contributed by atoms with Gasteiger partial charge in [0.15, 0.2) is 6.10 Å². The number of carbonyl (C=O) groups is 2. The highest BCUT2D eigenvalue weighted by molar-refractivity contribution is 7.47. The van der Waals surface area contributed by atoms with Gasteiger partial charge in [0.25, 0.3) is 0 Å². The third-order valence-electron chi connectivity index (χ3n) is 10.7. The summed E-state index contributed by atoms with van der Waals surface area (Å²) < 4.78 is 33.5. The first kappa shape index (κ1) is 56.8. The van der Waals surface area contributed by atoms with Crippen molar-refractivity contribution in [1.29, 1.82) is 0 Å². The van der Waals surface area contributed by atoms with Crippen molar-refractivity contribution >= 4 is 19.8 Å². The van der Waals surface area contributed by atoms with Crippen molar-refractivity contribution in [3.05, 3.63) is 48.6 Å². The number of aliphatic hydroxyl groups excluding tert-OH is 5. The van der Waals surface area contributed by atoms with Crippen LogP contribution in [0.2, 0.25) is 0 Å². The standard InChI is InChI=1S/C47H83O13P/c1-3-5-7-9-11-13-15-17-18-19-20-21-22-24-26-28-30-32-34-36-41(49)59-39(38-58-61(55,56)60-47-45(53)43(51)42(50)44(52)46(47)54)37-57-40(48)35-33-31-29-27-25-23-16-14-12-10-8-6-4-2/h11,13,17-18,20-21,24,26,39,42-47,50-54H,3-10,12,14-16,19,22-23,25,27-38H2,1-2H3,(H,55,56). The number of hydrogen-bond acceptors (Lipinski definition) is 12. The summed E-state index contributed by atoms with van der Waals surface area (Å²) in [6.45, 7) is 3.24. The Bertz CT molecular complexity index is 1250. The molecule has 0 aromatic rings. The monoisotopic (exact) mass is 887 g/mol. The zero-order chi connectivity index (χ0) is 45.0. The first-order valence-electron chi connectivity index (χ1n) is 23.4. The van der Waals surface area contributed by atoms with Gasteiger partial charge in [-0.15, -0.1) is 0 Å². The fraction of sp³-hybridized carbons (Fsp3) is 0.787. The number of aliphatic hydroxyl groups is 5. The summed E-state index contributed by atoms with van der Waals surface area (Å²) >= 11 is 0. The zero-order valence-corrected chi connectivity index (χ0v) is 38.3. The topological polar surface area (TPSA) is 210 Å². The molecular formula is C47H83O13P. The van der Waals surface area contributed by atoms with Crippen LogP contribution in [0, 0.1) is 0 Å². The highest BCUT2D eigenvalue weighted by Gasteiger charge is 2.51. The number of esters is 2. The van der Waals surface area contributed by atoms with E-state index in [-0.39, 0.29) is 12.8 Å². The minimum atomic E-state index is -5.13. The van der Waals surface area contributed by atoms with Crippen LogP contribution in [0.1, 0.15) is 181 Å². The maximum atomic E-state index is 12.8. The average molecular weight is 887 g/mol. The lowest BCUT2D eigenvalue weighted by atomic mass is 9.85. The molecule has 0 bridgehead atoms. The molecule has 1 saturated carbocycles. The van der Waals surface area contributed by atoms with E-state index in [0.29, 0.717) is 12.8 Å². The number of carbonyl (C=O) groups excluding carboxylic acids is 2. The highest BCUT2D eigenvalue weighted by Crippen LogP contribution is 2.47. The van der Waals surface area contributed by atoms with Crippen molar-refractivity contribution in [2.24, 2.45) is 0 Å². The third-order valence-corrected chi connectivity index (χ3v) is 11.7. The quantitative estimate of drug-likeness (QED) is 0.0148. The van der Waals surface area contributed by atoms with E-state index in [9.17, 15) is 44.6 Å². The van der Waals surface area contributed by atoms with Gasteiger partial charge in [0, 0.05) is 12.8 Å². The average Bonchev–Trinajstić information content (AvgIpc) is 3.24. The minimum absolute atomic E-state index is 0.0594. The van der Waals surface area contributed by atoms with Crippen molar-refractivity contribution < 1.29 is 63.1 Å². The predicted octanol–water partition coefficient (Wildman–Crippen LogP) is 9.17. The molecule has 1 rings (SSSR count). The minimum Gasteiger partial charge on any atom is -0.462 e. The molecule has 0 heterocycles. The molecule has 354 valence electrons. The van der Waals surface area contributed by atoms with E-state index in [1.54, 1.807) is 0 Å². The third kappa shape index (κ3) is 29.7. The normalized spacial score (nSPS) is 22.4. The van der Waals surface area contributed by atoms with Crippen LogP contribution in [-0.2, 0) is 32.7 Å². The summed E-state index contributed by atoms with van der Waals surface area (Å²) in [6.07, 6.45) is 30.2. The number of phosphoric acid groups is 1. The fourth-order valence-corrected chi connectivity index (χ4v) is 7.83. The summed E-state index contributed by atoms with van der Waals surface area (Å²) in [5.41, 5.74) is 0. The van der Waals surface area contributed by atoms with Gasteiger partial charge in [0.05, 0.1) is 6.61 Å². The number of rotatable bonds is 38. The number of phosphoric ester groups is 1. The van der Waals surface area contributed by atoms with Gasteiger partial charge in [0.1, 0.15) is 43.2 Å². The molecule has 14 heteroatoms. The molecule has 13 nitrogen and oxygen atoms in total. The summed E-state index contributed by atoms with van der Waals surface area (Å²) in [5, 5.41) is 50.1. The second kappa shape index (κ2) is 37.2. The van der Waals surface area contributed by atoms with E-state index in [2.05, 4.69) is 62.5 Å². The van der Waals surface area contributed by atoms with Crippen molar-refractivity contribution in [3.8, 4) is 0 Å². The molecule has 6 atom stereocenters. The Hall–Kier alpha value is -2.19. The molecular weight excluding hydrogens is 803 g/mol. The zero-order valence-electron chi connectivity index (χ0n) is 37.4. The van der Waals surface area contributed by atoms with E-state index in [4.69, 9.17) is 18.5 Å². The Morgan fingerprint density at radius 3 is 1.38 bits per heavy atom. The van der Waals surface area contributed by atoms with Gasteiger partial charge in [-0.25, -0.2) is 4.57 Å². The van der Waals surface area contributed by atoms with E-state index >= 15 is 0 Å². The largest absolute Gasteiger partial charge is 0.472 e. The van der Waals surface area contributed by atoms with E-state index in [0.717, 1.165) is 64.2 Å². The summed E-state index contributed by atoms with van der Waals surface area (Å²) in [4.78, 5) is 35.7. The number of hydrogen-bond donors (Lipinski definition) is 6. The van der Waals surface area contributed by atoms with Crippen molar-refractivity contribution in [3.63, 3.8) is 0 Å². The molecule has 6 unspecified atom stereocenters. The van der Waals surface area contributed by atoms with E-state index < -0.39 is 75.7 Å². The number of allylic oxidation sites excluding steroid dienone is 8. The van der Waals surface area contributed by atoms with Crippen LogP contribution in [0.15, 0.2) is 48.6 Å². The second-order valence-electron chi connectivity index (χ2n) is 16.3. The molecule has 1 aliphatic rings. The summed E-state index contributed by atoms with van der Waals surface area (Å²) in [6, 6.07) is 0. The predicted molar refractivity (Wildman–Crippen MR) is 239 cm³/mol. The van der Waals surface area contributed by atoms with Crippen LogP contribution in [0.4, 0.5) is 0 Å². The number of unbranched alkanes of at least 4 members (excludes halogenated alkanes) is 18. The Labute approximate surface area is 367 Å². The van der Waals surface area contributed by atoms with Crippen LogP contribution in [0.3, 0.4) is 0 Å². The smallest absolute Gasteiger partial charge is 0.462 e. The Morgan fingerprint density at radius 2 is 0.885 bits per heavy atom. The Morgan fingerprint density at radius 1 is 0.508 bits per heavy atom. The van der Waals surface area contributed by atoms with E-state index in [1.807, 2.05) is 0 Å². The molecule has 0 amide bonds. The Balaban J connectivity index is 2.48. The van der Waals surface area contributed by atoms with Crippen LogP contribution in [-0.4, -0.2) is 98.3 Å². The van der Waals surface area contributed by atoms with Crippen molar-refractivity contribution in [2.75, 3.05) is 13.2 Å². The molecule has 0 spiro atoms. The first-order valence-corrected chi connectivity index (χ1v) is 24.9. The van der Waals surface area contributed by atoms with Crippen LogP contribution < -0.4 is 0 Å². The van der Waals surface area contributed by atoms with Crippen LogP contribution in [0.25, 0.3) is 0 Å². The second-order valence-corrected chi connectivity index (χ2v) is 17.7. The molecule has 0 radical (unpaired) electrons. The molecule has 1 fully saturated rings. The lowest BCUT2D eigenvalue weighted by Gasteiger charge is -2.41. The first-order chi connectivity index (χ1) is 29.4. The Kier molecular flexibility index (Phi) is 34.7. The van der Waals surface area contributed by atoms with Crippen LogP contribution >= 0.6 is 7.82 Å². The SMILES string of the molecule is CCCCCC=CCC=CCC=CCC=CCCCCCC(=O)OC(COC(=O)CCCCCCCCCCCCCCC)COP(=O)(O)OC1C(O)C(O)C(O)C(O)C1O. The molecule has 0 aliphatic heterocycles. The number of ether oxygens (including phenoxy) is 2. The summed E-state index contributed by atoms with van der Waals surface area (Å²) in [5.74, 6) is -1.13. The highest BCUT2D eigenvalue weighted by atomic mass is 31.2. The van der Waals surface area contributed by atoms with Gasteiger partial charge in [-0.05, 0) is 57.8 Å². The molecule has 0 saturated heterocycles. The maximum Gasteiger partial charge on any atom is 0.472 e. The lowest BCUT2D eigenvalue weighted by Crippen LogP contribution is -2.64. The van der Waals surface area contributed by atoms with Gasteiger partial charge in [-0.3, -0.25) is 18.6 Å². The molecule has 6 N–H and O–H groups in total. The molecule has 0 aromatic heterocycles. The van der Waals surface area contributed by atoms with Gasteiger partial charge in [0.2, 0.25) is 0 Å². The van der Waals surface area contributed by atoms with E-state index in [1.165, 1.54) is 77.0 Å². The van der Waals surface area contributed by atoms with Gasteiger partial charge >= 0.3 is 19.8 Å². The maximum absolute atomic E-state index is 12.8. The van der Waals surface area contributed by atoms with Crippen molar-refractivity contribution in [2.45, 2.75) is 224 Å². The molecule has 61 heavy (non-hydrogen) atoms. The van der Waals surface area contributed by atoms with Crippen molar-refractivity contribution in [1.82, 2.24) is 0 Å². The van der Waals surface area contributed by atoms with Gasteiger partial charge in [-0.1, -0.05) is 159 Å². The lowest BCUT2D eigenvalue weighted by molar-refractivity contribution is -0.220. The molecule has 0 aromatic carbocycles. The summed E-state index contributed by atoms with van der Waals surface area (Å²) in [7, 11) is -5.13.